The highest BCUT2D eigenvalue weighted by Gasteiger charge is 2.27. The summed E-state index contributed by atoms with van der Waals surface area (Å²) < 4.78 is 36.1. The van der Waals surface area contributed by atoms with Gasteiger partial charge in [-0.25, -0.2) is 4.79 Å². The van der Waals surface area contributed by atoms with E-state index >= 15 is 0 Å². The van der Waals surface area contributed by atoms with E-state index in [0.29, 0.717) is 58.9 Å². The summed E-state index contributed by atoms with van der Waals surface area (Å²) in [5, 5.41) is 3.94. The first-order chi connectivity index (χ1) is 26.8. The molecular formula is C47H59NO8. The van der Waals surface area contributed by atoms with Crippen LogP contribution in [0, 0.1) is 12.8 Å². The lowest BCUT2D eigenvalue weighted by Crippen LogP contribution is -2.29. The van der Waals surface area contributed by atoms with Crippen LogP contribution in [0.15, 0.2) is 96.6 Å². The number of amides is 1. The lowest BCUT2D eigenvalue weighted by Gasteiger charge is -2.25. The van der Waals surface area contributed by atoms with Crippen LogP contribution >= 0.6 is 0 Å². The summed E-state index contributed by atoms with van der Waals surface area (Å²) in [5.74, 6) is 1.21. The monoisotopic (exact) mass is 765 g/mol. The van der Waals surface area contributed by atoms with E-state index in [0.717, 1.165) is 28.7 Å². The number of anilines is 1. The van der Waals surface area contributed by atoms with Gasteiger partial charge in [0.25, 0.3) is 0 Å². The fourth-order valence-corrected chi connectivity index (χ4v) is 6.57. The Morgan fingerprint density at radius 1 is 0.786 bits per heavy atom. The van der Waals surface area contributed by atoms with Crippen molar-refractivity contribution in [3.63, 3.8) is 0 Å². The van der Waals surface area contributed by atoms with Gasteiger partial charge in [-0.2, -0.15) is 0 Å². The van der Waals surface area contributed by atoms with Crippen LogP contribution in [0.2, 0.25) is 0 Å². The maximum atomic E-state index is 14.4. The Morgan fingerprint density at radius 2 is 1.38 bits per heavy atom. The molecule has 0 aliphatic carbocycles. The van der Waals surface area contributed by atoms with Crippen LogP contribution in [0.4, 0.5) is 10.5 Å². The molecule has 3 atom stereocenters. The third-order valence-electron chi connectivity index (χ3n) is 9.25. The Morgan fingerprint density at radius 3 is 1.89 bits per heavy atom. The molecule has 4 aromatic carbocycles. The van der Waals surface area contributed by atoms with Gasteiger partial charge in [-0.05, 0) is 83.1 Å². The fourth-order valence-electron chi connectivity index (χ4n) is 6.57. The molecule has 0 saturated heterocycles. The molecule has 56 heavy (non-hydrogen) atoms. The van der Waals surface area contributed by atoms with Gasteiger partial charge >= 0.3 is 6.09 Å². The molecule has 0 heterocycles. The van der Waals surface area contributed by atoms with Crippen LogP contribution < -0.4 is 19.5 Å². The minimum Gasteiger partial charge on any atom is -0.496 e. The van der Waals surface area contributed by atoms with Gasteiger partial charge in [-0.3, -0.25) is 10.1 Å². The summed E-state index contributed by atoms with van der Waals surface area (Å²) in [6.07, 6.45) is 6.66. The van der Waals surface area contributed by atoms with Crippen molar-refractivity contribution in [2.45, 2.75) is 98.8 Å². The highest BCUT2D eigenvalue weighted by Crippen LogP contribution is 2.46. The molecule has 4 rings (SSSR count). The molecule has 9 heteroatoms. The third-order valence-corrected chi connectivity index (χ3v) is 9.25. The summed E-state index contributed by atoms with van der Waals surface area (Å²) in [7, 11) is 4.61. The number of aryl methyl sites for hydroxylation is 1. The number of hydrogen-bond acceptors (Lipinski definition) is 8. The van der Waals surface area contributed by atoms with Crippen LogP contribution in [0.3, 0.4) is 0 Å². The predicted molar refractivity (Wildman–Crippen MR) is 224 cm³/mol. The summed E-state index contributed by atoms with van der Waals surface area (Å²) in [5.41, 5.74) is 4.08. The number of benzene rings is 4. The minimum absolute atomic E-state index is 0.0754. The standard InChI is InChI=1S/C47H59NO8/c1-11-33(23-25-39(54-29-34-18-14-12-15-19-34)40(26-31(2)3)55-30-35-20-16-13-17-21-35)22-24-38(49)43-42-36(27-32(4)44(43)52-9)45(53-10)37(28-41(42)51-8)48-46(50)56-47(5,6)7/h12-21,23,25-28,33,39-40H,11,22,24,29-30H2,1-10H3,(H,48,50)/b25-23+/t33-,39+,40+/m1/s1. The Bertz CT molecular complexity index is 1960. The Balaban J connectivity index is 1.65. The fraction of sp³-hybridized carbons (Fsp3) is 0.404. The zero-order valence-electron chi connectivity index (χ0n) is 34.7. The molecule has 1 amide bonds. The van der Waals surface area contributed by atoms with Crippen molar-refractivity contribution < 1.29 is 38.0 Å². The van der Waals surface area contributed by atoms with Gasteiger partial charge in [0.1, 0.15) is 29.3 Å². The number of carbonyl (C=O) groups is 2. The molecule has 0 aromatic heterocycles. The highest BCUT2D eigenvalue weighted by molar-refractivity contribution is 6.16. The van der Waals surface area contributed by atoms with Crippen molar-refractivity contribution in [2.24, 2.45) is 5.92 Å². The van der Waals surface area contributed by atoms with E-state index in [1.807, 2.05) is 61.5 Å². The third kappa shape index (κ3) is 12.2. The number of allylic oxidation sites excluding steroid dienone is 2. The number of ketones is 1. The maximum absolute atomic E-state index is 14.4. The first-order valence-corrected chi connectivity index (χ1v) is 19.2. The number of nitrogens with one attached hydrogen (secondary N) is 1. The average Bonchev–Trinajstić information content (AvgIpc) is 3.16. The van der Waals surface area contributed by atoms with Crippen molar-refractivity contribution in [1.82, 2.24) is 0 Å². The molecule has 0 spiro atoms. The maximum Gasteiger partial charge on any atom is 0.412 e. The van der Waals surface area contributed by atoms with Gasteiger partial charge in [0, 0.05) is 23.3 Å². The predicted octanol–water partition coefficient (Wildman–Crippen LogP) is 11.2. The topological polar surface area (TPSA) is 102 Å². The smallest absolute Gasteiger partial charge is 0.412 e. The van der Waals surface area contributed by atoms with Gasteiger partial charge in [0.2, 0.25) is 0 Å². The van der Waals surface area contributed by atoms with Crippen molar-refractivity contribution in [3.05, 3.63) is 119 Å². The van der Waals surface area contributed by atoms with E-state index in [1.54, 1.807) is 33.9 Å². The van der Waals surface area contributed by atoms with Crippen LogP contribution in [0.5, 0.6) is 17.2 Å². The van der Waals surface area contributed by atoms with E-state index in [4.69, 9.17) is 28.4 Å². The van der Waals surface area contributed by atoms with Crippen LogP contribution in [0.1, 0.15) is 87.9 Å². The second-order valence-electron chi connectivity index (χ2n) is 15.1. The van der Waals surface area contributed by atoms with Gasteiger partial charge in [-0.15, -0.1) is 0 Å². The Kier molecular flexibility index (Phi) is 16.1. The number of ether oxygens (including phenoxy) is 6. The van der Waals surface area contributed by atoms with E-state index in [-0.39, 0.29) is 30.3 Å². The molecule has 300 valence electrons. The number of Topliss-reactive ketones (excluding diaryl/α,β-unsaturated/α-hetero) is 1. The van der Waals surface area contributed by atoms with E-state index < -0.39 is 11.7 Å². The van der Waals surface area contributed by atoms with Gasteiger partial charge in [0.05, 0.1) is 45.8 Å². The number of fused-ring (bicyclic) bond motifs is 1. The van der Waals surface area contributed by atoms with E-state index in [9.17, 15) is 9.59 Å². The molecule has 0 radical (unpaired) electrons. The zero-order valence-corrected chi connectivity index (χ0v) is 34.7. The summed E-state index contributed by atoms with van der Waals surface area (Å²) in [6.45, 7) is 14.4. The zero-order chi connectivity index (χ0) is 40.8. The van der Waals surface area contributed by atoms with Crippen molar-refractivity contribution >= 4 is 28.3 Å². The molecular weight excluding hydrogens is 707 g/mol. The van der Waals surface area contributed by atoms with Crippen molar-refractivity contribution in [3.8, 4) is 17.2 Å². The van der Waals surface area contributed by atoms with Crippen LogP contribution in [-0.4, -0.2) is 51.0 Å². The SMILES string of the molecule is CC[C@@H](/C=C/[C@H](OCc1ccccc1)[C@H](C=C(C)C)OCc1ccccc1)CCC(=O)c1c(OC)c(C)cc2c(OC)c(NC(=O)OC(C)(C)C)cc(OC)c12. The van der Waals surface area contributed by atoms with Crippen molar-refractivity contribution in [2.75, 3.05) is 26.6 Å². The molecule has 0 aliphatic rings. The van der Waals surface area contributed by atoms with Gasteiger partial charge in [-0.1, -0.05) is 91.4 Å². The number of carbonyl (C=O) groups excluding carboxylic acids is 2. The van der Waals surface area contributed by atoms with Gasteiger partial charge in [0.15, 0.2) is 11.5 Å². The summed E-state index contributed by atoms with van der Waals surface area (Å²) in [6, 6.07) is 23.7. The molecule has 9 nitrogen and oxygen atoms in total. The normalized spacial score (nSPS) is 13.2. The first-order valence-electron chi connectivity index (χ1n) is 19.2. The quantitative estimate of drug-likeness (QED) is 0.0744. The van der Waals surface area contributed by atoms with Gasteiger partial charge < -0.3 is 28.4 Å². The second-order valence-corrected chi connectivity index (χ2v) is 15.1. The van der Waals surface area contributed by atoms with E-state index in [2.05, 4.69) is 56.4 Å². The van der Waals surface area contributed by atoms with Crippen LogP contribution in [-0.2, 0) is 27.4 Å². The molecule has 0 fully saturated rings. The van der Waals surface area contributed by atoms with Crippen LogP contribution in [0.25, 0.3) is 10.8 Å². The lowest BCUT2D eigenvalue weighted by atomic mass is 9.90. The molecule has 0 saturated carbocycles. The Hall–Kier alpha value is -5.12. The second kappa shape index (κ2) is 20.7. The molecule has 0 unspecified atom stereocenters. The molecule has 0 bridgehead atoms. The minimum atomic E-state index is -0.702. The number of methoxy groups -OCH3 is 3. The highest BCUT2D eigenvalue weighted by atomic mass is 16.6. The molecule has 1 N–H and O–H groups in total. The first kappa shape index (κ1) is 43.6. The van der Waals surface area contributed by atoms with Crippen molar-refractivity contribution in [1.29, 1.82) is 0 Å². The molecule has 4 aromatic rings. The number of hydrogen-bond donors (Lipinski definition) is 1. The average molecular weight is 766 g/mol. The number of rotatable bonds is 19. The van der Waals surface area contributed by atoms with E-state index in [1.165, 1.54) is 14.2 Å². The summed E-state index contributed by atoms with van der Waals surface area (Å²) in [4.78, 5) is 27.2. The lowest BCUT2D eigenvalue weighted by molar-refractivity contribution is -0.0426. The molecule has 0 aliphatic heterocycles. The largest absolute Gasteiger partial charge is 0.496 e. The Labute approximate surface area is 333 Å². The summed E-state index contributed by atoms with van der Waals surface area (Å²) >= 11 is 0.